The Morgan fingerprint density at radius 3 is 2.60 bits per heavy atom. The molecule has 30 heavy (non-hydrogen) atoms. The highest BCUT2D eigenvalue weighted by Gasteiger charge is 2.32. The zero-order chi connectivity index (χ0) is 21.8. The number of ether oxygens (including phenoxy) is 1. The number of aromatic nitrogens is 2. The van der Waals surface area contributed by atoms with Gasteiger partial charge in [-0.1, -0.05) is 13.3 Å². The van der Waals surface area contributed by atoms with Crippen LogP contribution < -0.4 is 26.6 Å². The van der Waals surface area contributed by atoms with Gasteiger partial charge in [0.25, 0.3) is 5.56 Å². The fraction of sp³-hybridized carbons (Fsp3) is 0.571. The first-order valence-electron chi connectivity index (χ1n) is 10.3. The Hall–Kier alpha value is -2.86. The van der Waals surface area contributed by atoms with E-state index in [2.05, 4.69) is 11.9 Å². The zero-order valence-corrected chi connectivity index (χ0v) is 17.4. The number of hydrogen-bond donors (Lipinski definition) is 2. The van der Waals surface area contributed by atoms with Crippen LogP contribution in [-0.2, 0) is 0 Å². The molecule has 3 N–H and O–H groups in total. The minimum atomic E-state index is -0.575. The van der Waals surface area contributed by atoms with E-state index in [0.717, 1.165) is 38.8 Å². The molecule has 0 amide bonds. The van der Waals surface area contributed by atoms with E-state index in [4.69, 9.17) is 15.7 Å². The number of benzene rings is 1. The van der Waals surface area contributed by atoms with Crippen LogP contribution in [-0.4, -0.2) is 36.3 Å². The molecule has 9 heteroatoms. The summed E-state index contributed by atoms with van der Waals surface area (Å²) in [6.45, 7) is 4.11. The van der Waals surface area contributed by atoms with Gasteiger partial charge in [0.05, 0.1) is 18.6 Å². The predicted molar refractivity (Wildman–Crippen MR) is 114 cm³/mol. The summed E-state index contributed by atoms with van der Waals surface area (Å²) in [5, 5.41) is 7.90. The van der Waals surface area contributed by atoms with E-state index in [-0.39, 0.29) is 11.4 Å². The van der Waals surface area contributed by atoms with Crippen molar-refractivity contribution >= 4 is 16.6 Å². The third-order valence-electron chi connectivity index (χ3n) is 5.66. The van der Waals surface area contributed by atoms with Crippen LogP contribution in [0.1, 0.15) is 45.1 Å². The van der Waals surface area contributed by atoms with Crippen molar-refractivity contribution in [2.75, 3.05) is 31.6 Å². The van der Waals surface area contributed by atoms with Gasteiger partial charge in [-0.25, -0.2) is 9.18 Å². The van der Waals surface area contributed by atoms with Gasteiger partial charge in [-0.15, -0.1) is 0 Å². The van der Waals surface area contributed by atoms with Crippen LogP contribution >= 0.6 is 0 Å². The maximum Gasteiger partial charge on any atom is 0.329 e. The summed E-state index contributed by atoms with van der Waals surface area (Å²) in [5.74, 6) is 0.332. The van der Waals surface area contributed by atoms with Crippen molar-refractivity contribution in [2.24, 2.45) is 11.7 Å². The second kappa shape index (κ2) is 9.30. The third kappa shape index (κ3) is 4.19. The van der Waals surface area contributed by atoms with E-state index < -0.39 is 17.1 Å². The first-order chi connectivity index (χ1) is 14.5. The van der Waals surface area contributed by atoms with Gasteiger partial charge in [0.15, 0.2) is 11.6 Å². The van der Waals surface area contributed by atoms with Gasteiger partial charge >= 0.3 is 5.69 Å². The van der Waals surface area contributed by atoms with Gasteiger partial charge in [-0.05, 0) is 31.2 Å². The summed E-state index contributed by atoms with van der Waals surface area (Å²) in [6, 6.07) is 3.17. The van der Waals surface area contributed by atoms with Gasteiger partial charge in [-0.3, -0.25) is 14.3 Å². The molecular formula is C21H28FN5O3. The summed E-state index contributed by atoms with van der Waals surface area (Å²) < 4.78 is 22.0. The predicted octanol–water partition coefficient (Wildman–Crippen LogP) is 2.27. The number of methoxy groups -OCH3 is 1. The summed E-state index contributed by atoms with van der Waals surface area (Å²) in [6.07, 6.45) is 4.26. The highest BCUT2D eigenvalue weighted by Crippen LogP contribution is 2.43. The number of fused-ring (bicyclic) bond motifs is 1. The molecule has 1 aliphatic carbocycles. The van der Waals surface area contributed by atoms with E-state index in [1.54, 1.807) is 4.57 Å². The number of anilines is 1. The lowest BCUT2D eigenvalue weighted by molar-refractivity contribution is 0.413. The Morgan fingerprint density at radius 2 is 2.10 bits per heavy atom. The van der Waals surface area contributed by atoms with Gasteiger partial charge in [0.1, 0.15) is 11.2 Å². The average molecular weight is 417 g/mol. The van der Waals surface area contributed by atoms with Crippen LogP contribution in [0.2, 0.25) is 0 Å². The molecule has 1 saturated heterocycles. The second-order valence-corrected chi connectivity index (χ2v) is 7.70. The zero-order valence-electron chi connectivity index (χ0n) is 17.4. The van der Waals surface area contributed by atoms with Crippen LogP contribution in [0.25, 0.3) is 10.9 Å². The number of nitrogens with one attached hydrogen (secondary N) is 1. The minimum absolute atomic E-state index is 0.0426. The molecule has 2 aliphatic rings. The first kappa shape index (κ1) is 21.8. The summed E-state index contributed by atoms with van der Waals surface area (Å²) >= 11 is 0. The van der Waals surface area contributed by atoms with E-state index in [1.807, 2.05) is 11.0 Å². The largest absolute Gasteiger partial charge is 0.492 e. The van der Waals surface area contributed by atoms with Crippen molar-refractivity contribution in [3.8, 4) is 11.8 Å². The molecule has 1 unspecified atom stereocenters. The van der Waals surface area contributed by atoms with Crippen LogP contribution in [0.5, 0.6) is 5.75 Å². The standard InChI is InChI=1S/C18H22FN3O3.C3H6N2/c1-3-10-6-7-21(9-10)15-13(19)8-12-14(16(15)25-2)22(11-4-5-11)18(24)20-17(12)23;4-2-1-3-5/h8,10-11H,3-7,9H2,1-2H3,(H,20,23,24);1-2,4H2. The second-order valence-electron chi connectivity index (χ2n) is 7.70. The Kier molecular flexibility index (Phi) is 6.77. The Labute approximate surface area is 174 Å². The Bertz CT molecular complexity index is 1070. The smallest absolute Gasteiger partial charge is 0.329 e. The van der Waals surface area contributed by atoms with Crippen molar-refractivity contribution in [1.29, 1.82) is 5.26 Å². The highest BCUT2D eigenvalue weighted by atomic mass is 19.1. The number of nitrogens with zero attached hydrogens (tertiary/aromatic N) is 3. The van der Waals surface area contributed by atoms with Gasteiger partial charge in [-0.2, -0.15) is 5.26 Å². The molecule has 0 radical (unpaired) electrons. The number of rotatable bonds is 5. The summed E-state index contributed by atoms with van der Waals surface area (Å²) in [7, 11) is 1.47. The summed E-state index contributed by atoms with van der Waals surface area (Å²) in [5.41, 5.74) is 4.66. The summed E-state index contributed by atoms with van der Waals surface area (Å²) in [4.78, 5) is 28.9. The van der Waals surface area contributed by atoms with E-state index in [9.17, 15) is 14.0 Å². The molecule has 1 aromatic heterocycles. The molecule has 1 aliphatic heterocycles. The topological polar surface area (TPSA) is 117 Å². The molecule has 2 aromatic rings. The maximum atomic E-state index is 14.9. The lowest BCUT2D eigenvalue weighted by atomic mass is 10.1. The highest BCUT2D eigenvalue weighted by molar-refractivity contribution is 5.91. The number of nitriles is 1. The molecule has 162 valence electrons. The first-order valence-corrected chi connectivity index (χ1v) is 10.3. The quantitative estimate of drug-likeness (QED) is 0.771. The molecule has 0 spiro atoms. The number of hydrogen-bond acceptors (Lipinski definition) is 6. The lowest BCUT2D eigenvalue weighted by Gasteiger charge is -2.24. The van der Waals surface area contributed by atoms with Crippen LogP contribution in [0.15, 0.2) is 15.7 Å². The fourth-order valence-corrected chi connectivity index (χ4v) is 3.95. The minimum Gasteiger partial charge on any atom is -0.492 e. The van der Waals surface area contributed by atoms with Gasteiger partial charge < -0.3 is 15.4 Å². The molecule has 1 atom stereocenters. The third-order valence-corrected chi connectivity index (χ3v) is 5.66. The molecule has 2 fully saturated rings. The van der Waals surface area contributed by atoms with Crippen molar-refractivity contribution in [2.45, 2.75) is 45.1 Å². The van der Waals surface area contributed by atoms with E-state index >= 15 is 0 Å². The molecule has 2 heterocycles. The van der Waals surface area contributed by atoms with Crippen molar-refractivity contribution in [1.82, 2.24) is 9.55 Å². The van der Waals surface area contributed by atoms with Crippen LogP contribution in [0, 0.1) is 23.1 Å². The Balaban J connectivity index is 0.000000461. The maximum absolute atomic E-state index is 14.9. The van der Waals surface area contributed by atoms with E-state index in [1.165, 1.54) is 13.2 Å². The molecule has 1 aromatic carbocycles. The van der Waals surface area contributed by atoms with Crippen LogP contribution in [0.4, 0.5) is 10.1 Å². The fourth-order valence-electron chi connectivity index (χ4n) is 3.95. The number of halogens is 1. The molecule has 1 saturated carbocycles. The average Bonchev–Trinajstić information content (AvgIpc) is 3.45. The van der Waals surface area contributed by atoms with Crippen LogP contribution in [0.3, 0.4) is 0 Å². The van der Waals surface area contributed by atoms with Crippen molar-refractivity contribution in [3.05, 3.63) is 32.7 Å². The Morgan fingerprint density at radius 1 is 1.37 bits per heavy atom. The monoisotopic (exact) mass is 417 g/mol. The number of nitrogens with two attached hydrogens (primary N) is 1. The number of aromatic amines is 1. The van der Waals surface area contributed by atoms with Gasteiger partial charge in [0, 0.05) is 32.1 Å². The normalized spacial score (nSPS) is 18.1. The molecule has 4 rings (SSSR count). The molecular weight excluding hydrogens is 389 g/mol. The van der Waals surface area contributed by atoms with Crippen molar-refractivity contribution < 1.29 is 9.13 Å². The number of H-pyrrole nitrogens is 1. The van der Waals surface area contributed by atoms with E-state index in [0.29, 0.717) is 35.8 Å². The lowest BCUT2D eigenvalue weighted by Crippen LogP contribution is -2.31. The van der Waals surface area contributed by atoms with Gasteiger partial charge in [0.2, 0.25) is 0 Å². The molecule has 0 bridgehead atoms. The SMILES string of the molecule is CCC1CCN(c2c(F)cc3c(=O)[nH]c(=O)n(C4CC4)c3c2OC)C1.N#CCCN. The molecule has 8 nitrogen and oxygen atoms in total. The van der Waals surface area contributed by atoms with Crippen molar-refractivity contribution in [3.63, 3.8) is 0 Å².